The number of benzene rings is 1. The number of likely N-dealkylation sites (N-methyl/N-ethyl adjacent to an activating group) is 1. The van der Waals surface area contributed by atoms with Gasteiger partial charge in [0.15, 0.2) is 12.5 Å². The first-order valence-electron chi connectivity index (χ1n) is 6.32. The van der Waals surface area contributed by atoms with Crippen molar-refractivity contribution >= 4 is 17.2 Å². The Bertz CT molecular complexity index is 645. The van der Waals surface area contributed by atoms with Crippen molar-refractivity contribution in [3.05, 3.63) is 42.4 Å². The zero-order valence-corrected chi connectivity index (χ0v) is 10.8. The van der Waals surface area contributed by atoms with Crippen LogP contribution in [0.15, 0.2) is 36.5 Å². The van der Waals surface area contributed by atoms with E-state index in [2.05, 4.69) is 38.9 Å². The fraction of sp³-hybridized carbons (Fsp3) is 0.286. The van der Waals surface area contributed by atoms with Gasteiger partial charge in [0.25, 0.3) is 0 Å². The molecule has 3 heterocycles. The highest BCUT2D eigenvalue weighted by molar-refractivity contribution is 5.80. The van der Waals surface area contributed by atoms with Crippen LogP contribution in [-0.2, 0) is 4.74 Å². The van der Waals surface area contributed by atoms with Crippen LogP contribution in [0.1, 0.15) is 5.82 Å². The van der Waals surface area contributed by atoms with Gasteiger partial charge in [-0.1, -0.05) is 12.1 Å². The summed E-state index contributed by atoms with van der Waals surface area (Å²) in [7, 11) is 2.06. The first-order valence-corrected chi connectivity index (χ1v) is 6.32. The Labute approximate surface area is 111 Å². The van der Waals surface area contributed by atoms with Crippen LogP contribution < -0.4 is 9.80 Å². The summed E-state index contributed by atoms with van der Waals surface area (Å²) in [6.45, 7) is 1.90. The van der Waals surface area contributed by atoms with Gasteiger partial charge < -0.3 is 9.64 Å². The molecular formula is C14H14N4O. The van der Waals surface area contributed by atoms with Crippen LogP contribution in [0.5, 0.6) is 0 Å². The number of aromatic nitrogens is 2. The van der Waals surface area contributed by atoms with E-state index in [-0.39, 0.29) is 12.5 Å². The Hall–Kier alpha value is -2.14. The van der Waals surface area contributed by atoms with Crippen molar-refractivity contribution in [3.63, 3.8) is 0 Å². The van der Waals surface area contributed by atoms with Crippen molar-refractivity contribution in [1.29, 1.82) is 0 Å². The number of fused-ring (bicyclic) bond motifs is 2. The van der Waals surface area contributed by atoms with Crippen LogP contribution in [-0.4, -0.2) is 29.5 Å². The number of aryl methyl sites for hydroxylation is 1. The number of ether oxygens (including phenoxy) is 1. The Morgan fingerprint density at radius 2 is 1.89 bits per heavy atom. The van der Waals surface area contributed by atoms with E-state index in [9.17, 15) is 0 Å². The molecule has 5 nitrogen and oxygen atoms in total. The molecule has 19 heavy (non-hydrogen) atoms. The quantitative estimate of drug-likeness (QED) is 0.729. The highest BCUT2D eigenvalue weighted by Crippen LogP contribution is 2.48. The number of hydrogen-bond acceptors (Lipinski definition) is 5. The van der Waals surface area contributed by atoms with Crippen LogP contribution >= 0.6 is 0 Å². The fourth-order valence-electron chi connectivity index (χ4n) is 2.64. The highest BCUT2D eigenvalue weighted by Gasteiger charge is 2.52. The summed E-state index contributed by atoms with van der Waals surface area (Å²) >= 11 is 0. The number of hydrogen-bond donors (Lipinski definition) is 0. The van der Waals surface area contributed by atoms with Gasteiger partial charge in [0, 0.05) is 13.2 Å². The lowest BCUT2D eigenvalue weighted by atomic mass is 10.2. The third-order valence-corrected chi connectivity index (χ3v) is 3.61. The van der Waals surface area contributed by atoms with Crippen LogP contribution in [0.2, 0.25) is 0 Å². The highest BCUT2D eigenvalue weighted by atomic mass is 16.6. The Morgan fingerprint density at radius 1 is 1.11 bits per heavy atom. The number of para-hydroxylation sites is 2. The summed E-state index contributed by atoms with van der Waals surface area (Å²) in [6.07, 6.45) is 1.95. The van der Waals surface area contributed by atoms with Crippen LogP contribution in [0.25, 0.3) is 0 Å². The average molecular weight is 254 g/mol. The van der Waals surface area contributed by atoms with Gasteiger partial charge in [-0.15, -0.1) is 0 Å². The third-order valence-electron chi connectivity index (χ3n) is 3.61. The summed E-state index contributed by atoms with van der Waals surface area (Å²) in [4.78, 5) is 13.0. The second-order valence-corrected chi connectivity index (χ2v) is 4.85. The minimum Gasteiger partial charge on any atom is -0.344 e. The molecule has 1 aromatic carbocycles. The molecule has 0 N–H and O–H groups in total. The molecule has 2 aromatic rings. The number of anilines is 3. The molecule has 0 bridgehead atoms. The molecule has 96 valence electrons. The maximum Gasteiger partial charge on any atom is 0.183 e. The van der Waals surface area contributed by atoms with Gasteiger partial charge in [0.2, 0.25) is 0 Å². The summed E-state index contributed by atoms with van der Waals surface area (Å²) in [5.74, 6) is 1.66. The van der Waals surface area contributed by atoms with Crippen LogP contribution in [0, 0.1) is 6.92 Å². The zero-order valence-electron chi connectivity index (χ0n) is 10.8. The van der Waals surface area contributed by atoms with Gasteiger partial charge in [-0.25, -0.2) is 9.97 Å². The number of nitrogens with zero attached hydrogens (tertiary/aromatic N) is 4. The van der Waals surface area contributed by atoms with E-state index < -0.39 is 0 Å². The van der Waals surface area contributed by atoms with Crippen molar-refractivity contribution in [2.24, 2.45) is 0 Å². The molecule has 2 atom stereocenters. The van der Waals surface area contributed by atoms with E-state index in [1.54, 1.807) is 6.20 Å². The van der Waals surface area contributed by atoms with Crippen molar-refractivity contribution in [2.75, 3.05) is 16.8 Å². The second-order valence-electron chi connectivity index (χ2n) is 4.85. The lowest BCUT2D eigenvalue weighted by Gasteiger charge is -2.32. The second kappa shape index (κ2) is 3.68. The minimum atomic E-state index is 0.0502. The number of epoxide rings is 1. The normalized spacial score (nSPS) is 23.9. The Kier molecular flexibility index (Phi) is 2.08. The van der Waals surface area contributed by atoms with Crippen molar-refractivity contribution < 1.29 is 4.74 Å². The molecule has 2 aliphatic heterocycles. The maximum absolute atomic E-state index is 5.77. The van der Waals surface area contributed by atoms with Crippen molar-refractivity contribution in [2.45, 2.75) is 19.4 Å². The Balaban J connectivity index is 1.87. The Morgan fingerprint density at radius 3 is 2.68 bits per heavy atom. The smallest absolute Gasteiger partial charge is 0.183 e. The van der Waals surface area contributed by atoms with Crippen molar-refractivity contribution in [3.8, 4) is 0 Å². The van der Waals surface area contributed by atoms with Gasteiger partial charge in [-0.3, -0.25) is 4.90 Å². The molecule has 0 amide bonds. The fourth-order valence-corrected chi connectivity index (χ4v) is 2.64. The molecule has 1 fully saturated rings. The molecular weight excluding hydrogens is 240 g/mol. The molecule has 0 aliphatic carbocycles. The summed E-state index contributed by atoms with van der Waals surface area (Å²) in [5, 5.41) is 0. The van der Waals surface area contributed by atoms with E-state index >= 15 is 0 Å². The molecule has 2 unspecified atom stereocenters. The maximum atomic E-state index is 5.77. The minimum absolute atomic E-state index is 0.0502. The molecule has 0 spiro atoms. The standard InChI is InChI=1S/C14H14N4O/c1-9-15-8-7-12(16-9)18-11-6-4-3-5-10(11)17(2)13-14(18)19-13/h3-8,13-14H,1-2H3. The monoisotopic (exact) mass is 254 g/mol. The van der Waals surface area contributed by atoms with E-state index in [4.69, 9.17) is 4.74 Å². The van der Waals surface area contributed by atoms with Gasteiger partial charge in [-0.2, -0.15) is 0 Å². The molecule has 1 aromatic heterocycles. The molecule has 2 aliphatic rings. The van der Waals surface area contributed by atoms with Crippen LogP contribution in [0.4, 0.5) is 17.2 Å². The van der Waals surface area contributed by atoms with E-state index in [1.165, 1.54) is 0 Å². The van der Waals surface area contributed by atoms with Gasteiger partial charge in [0.1, 0.15) is 11.6 Å². The summed E-state index contributed by atoms with van der Waals surface area (Å²) < 4.78 is 5.77. The third kappa shape index (κ3) is 1.51. The van der Waals surface area contributed by atoms with E-state index in [0.29, 0.717) is 0 Å². The molecule has 4 rings (SSSR count). The average Bonchev–Trinajstić information content (AvgIpc) is 3.20. The van der Waals surface area contributed by atoms with E-state index in [0.717, 1.165) is 23.0 Å². The molecule has 5 heteroatoms. The lowest BCUT2D eigenvalue weighted by Crippen LogP contribution is -2.36. The zero-order chi connectivity index (χ0) is 13.0. The van der Waals surface area contributed by atoms with Crippen LogP contribution in [0.3, 0.4) is 0 Å². The molecule has 1 saturated heterocycles. The van der Waals surface area contributed by atoms with Gasteiger partial charge >= 0.3 is 0 Å². The summed E-state index contributed by atoms with van der Waals surface area (Å²) in [5.41, 5.74) is 2.29. The molecule has 0 radical (unpaired) electrons. The number of rotatable bonds is 1. The molecule has 0 saturated carbocycles. The van der Waals surface area contributed by atoms with Gasteiger partial charge in [0.05, 0.1) is 11.4 Å². The van der Waals surface area contributed by atoms with Gasteiger partial charge in [-0.05, 0) is 25.1 Å². The summed E-state index contributed by atoms with van der Waals surface area (Å²) in [6, 6.07) is 10.2. The largest absolute Gasteiger partial charge is 0.344 e. The first kappa shape index (κ1) is 10.8. The predicted molar refractivity (Wildman–Crippen MR) is 72.4 cm³/mol. The lowest BCUT2D eigenvalue weighted by molar-refractivity contribution is 0.374. The first-order chi connectivity index (χ1) is 9.25. The predicted octanol–water partition coefficient (Wildman–Crippen LogP) is 2.06. The SMILES string of the molecule is Cc1nccc(N2c3ccccc3N(C)C3OC32)n1. The van der Waals surface area contributed by atoms with Crippen molar-refractivity contribution in [1.82, 2.24) is 9.97 Å². The van der Waals surface area contributed by atoms with E-state index in [1.807, 2.05) is 25.1 Å². The topological polar surface area (TPSA) is 44.8 Å².